The smallest absolute Gasteiger partial charge is 0.227 e. The van der Waals surface area contributed by atoms with E-state index in [2.05, 4.69) is 4.90 Å². The number of hydrogen-bond donors (Lipinski definition) is 0. The van der Waals surface area contributed by atoms with Gasteiger partial charge >= 0.3 is 0 Å². The zero-order chi connectivity index (χ0) is 19.1. The van der Waals surface area contributed by atoms with Gasteiger partial charge in [-0.05, 0) is 42.0 Å². The molecule has 0 radical (unpaired) electrons. The zero-order valence-electron chi connectivity index (χ0n) is 15.6. The minimum atomic E-state index is -0.266. The molecular weight excluding hydrogens is 347 g/mol. The second-order valence-corrected chi connectivity index (χ2v) is 6.55. The fraction of sp³-hybridized carbons (Fsp3) is 0.381. The normalized spacial score (nSPS) is 14.8. The number of halogens is 1. The lowest BCUT2D eigenvalue weighted by atomic mass is 10.1. The van der Waals surface area contributed by atoms with Crippen molar-refractivity contribution < 1.29 is 18.7 Å². The van der Waals surface area contributed by atoms with E-state index in [0.29, 0.717) is 18.8 Å². The van der Waals surface area contributed by atoms with E-state index in [9.17, 15) is 9.18 Å². The molecule has 144 valence electrons. The third-order valence-corrected chi connectivity index (χ3v) is 4.73. The van der Waals surface area contributed by atoms with Crippen LogP contribution in [0.15, 0.2) is 48.5 Å². The molecule has 0 N–H and O–H groups in total. The van der Waals surface area contributed by atoms with Crippen molar-refractivity contribution in [1.82, 2.24) is 9.80 Å². The number of amides is 1. The second-order valence-electron chi connectivity index (χ2n) is 6.55. The molecule has 1 saturated heterocycles. The Bertz CT molecular complexity index is 726. The Hall–Kier alpha value is -2.60. The SMILES string of the molecule is COc1ccc(CC(=O)N2CCN(CCOc3ccc(F)cc3)CC2)cc1. The molecule has 1 amide bonds. The second kappa shape index (κ2) is 9.37. The van der Waals surface area contributed by atoms with Gasteiger partial charge in [0.15, 0.2) is 0 Å². The number of carbonyl (C=O) groups excluding carboxylic acids is 1. The Balaban J connectivity index is 1.37. The van der Waals surface area contributed by atoms with Gasteiger partial charge in [0.25, 0.3) is 0 Å². The van der Waals surface area contributed by atoms with Crippen molar-refractivity contribution in [1.29, 1.82) is 0 Å². The van der Waals surface area contributed by atoms with Gasteiger partial charge in [-0.3, -0.25) is 9.69 Å². The number of hydrogen-bond acceptors (Lipinski definition) is 4. The molecule has 1 heterocycles. The first-order valence-electron chi connectivity index (χ1n) is 9.15. The van der Waals surface area contributed by atoms with Gasteiger partial charge in [-0.2, -0.15) is 0 Å². The molecule has 1 aliphatic rings. The van der Waals surface area contributed by atoms with Crippen LogP contribution in [0.5, 0.6) is 11.5 Å². The minimum Gasteiger partial charge on any atom is -0.497 e. The Morgan fingerprint density at radius 1 is 0.963 bits per heavy atom. The summed E-state index contributed by atoms with van der Waals surface area (Å²) in [6.07, 6.45) is 0.414. The highest BCUT2D eigenvalue weighted by Gasteiger charge is 2.21. The number of methoxy groups -OCH3 is 1. The molecule has 3 rings (SSSR count). The maximum Gasteiger partial charge on any atom is 0.227 e. The molecule has 2 aromatic carbocycles. The molecule has 0 unspecified atom stereocenters. The van der Waals surface area contributed by atoms with E-state index in [4.69, 9.17) is 9.47 Å². The van der Waals surface area contributed by atoms with Gasteiger partial charge in [-0.1, -0.05) is 12.1 Å². The summed E-state index contributed by atoms with van der Waals surface area (Å²) in [4.78, 5) is 16.7. The van der Waals surface area contributed by atoms with E-state index in [1.165, 1.54) is 12.1 Å². The Morgan fingerprint density at radius 3 is 2.22 bits per heavy atom. The highest BCUT2D eigenvalue weighted by atomic mass is 19.1. The highest BCUT2D eigenvalue weighted by molar-refractivity contribution is 5.78. The van der Waals surface area contributed by atoms with Gasteiger partial charge in [0.1, 0.15) is 23.9 Å². The number of piperazine rings is 1. The predicted molar refractivity (Wildman–Crippen MR) is 102 cm³/mol. The van der Waals surface area contributed by atoms with Crippen molar-refractivity contribution in [3.63, 3.8) is 0 Å². The molecule has 2 aromatic rings. The molecule has 0 spiro atoms. The van der Waals surface area contributed by atoms with Gasteiger partial charge < -0.3 is 14.4 Å². The molecule has 6 heteroatoms. The number of nitrogens with zero attached hydrogens (tertiary/aromatic N) is 2. The molecule has 5 nitrogen and oxygen atoms in total. The Labute approximate surface area is 159 Å². The van der Waals surface area contributed by atoms with Crippen LogP contribution in [0.4, 0.5) is 4.39 Å². The van der Waals surface area contributed by atoms with Crippen molar-refractivity contribution in [2.75, 3.05) is 46.4 Å². The van der Waals surface area contributed by atoms with Crippen molar-refractivity contribution in [2.45, 2.75) is 6.42 Å². The van der Waals surface area contributed by atoms with Crippen LogP contribution >= 0.6 is 0 Å². The van der Waals surface area contributed by atoms with Crippen LogP contribution in [0.3, 0.4) is 0 Å². The summed E-state index contributed by atoms with van der Waals surface area (Å²) >= 11 is 0. The van der Waals surface area contributed by atoms with E-state index < -0.39 is 0 Å². The van der Waals surface area contributed by atoms with Crippen LogP contribution in [0.25, 0.3) is 0 Å². The predicted octanol–water partition coefficient (Wildman–Crippen LogP) is 2.60. The summed E-state index contributed by atoms with van der Waals surface area (Å²) in [6.45, 7) is 4.46. The van der Waals surface area contributed by atoms with Crippen LogP contribution in [-0.4, -0.2) is 62.1 Å². The number of rotatable bonds is 7. The molecule has 0 bridgehead atoms. The van der Waals surface area contributed by atoms with Gasteiger partial charge in [0.2, 0.25) is 5.91 Å². The first-order chi connectivity index (χ1) is 13.1. The lowest BCUT2D eigenvalue weighted by Gasteiger charge is -2.34. The van der Waals surface area contributed by atoms with Gasteiger partial charge in [-0.25, -0.2) is 4.39 Å². The average molecular weight is 372 g/mol. The largest absolute Gasteiger partial charge is 0.497 e. The van der Waals surface area contributed by atoms with Crippen LogP contribution in [0.2, 0.25) is 0 Å². The monoisotopic (exact) mass is 372 g/mol. The van der Waals surface area contributed by atoms with Gasteiger partial charge in [0, 0.05) is 32.7 Å². The summed E-state index contributed by atoms with van der Waals surface area (Å²) < 4.78 is 23.6. The van der Waals surface area contributed by atoms with E-state index in [-0.39, 0.29) is 11.7 Å². The molecule has 0 saturated carbocycles. The topological polar surface area (TPSA) is 42.0 Å². The van der Waals surface area contributed by atoms with Gasteiger partial charge in [0.05, 0.1) is 13.5 Å². The molecular formula is C21H25FN2O3. The van der Waals surface area contributed by atoms with Crippen molar-refractivity contribution in [3.05, 3.63) is 59.9 Å². The summed E-state index contributed by atoms with van der Waals surface area (Å²) in [7, 11) is 1.63. The van der Waals surface area contributed by atoms with Crippen molar-refractivity contribution in [3.8, 4) is 11.5 Å². The first-order valence-corrected chi connectivity index (χ1v) is 9.15. The highest BCUT2D eigenvalue weighted by Crippen LogP contribution is 2.14. The average Bonchev–Trinajstić information content (AvgIpc) is 2.70. The molecule has 1 aliphatic heterocycles. The first kappa shape index (κ1) is 19.2. The number of benzene rings is 2. The molecule has 0 atom stereocenters. The maximum atomic E-state index is 12.9. The van der Waals surface area contributed by atoms with Crippen LogP contribution in [-0.2, 0) is 11.2 Å². The Morgan fingerprint density at radius 2 is 1.59 bits per heavy atom. The van der Waals surface area contributed by atoms with E-state index in [0.717, 1.165) is 44.0 Å². The summed E-state index contributed by atoms with van der Waals surface area (Å²) in [6, 6.07) is 13.7. The maximum absolute atomic E-state index is 12.9. The lowest BCUT2D eigenvalue weighted by Crippen LogP contribution is -2.49. The fourth-order valence-electron chi connectivity index (χ4n) is 3.07. The van der Waals surface area contributed by atoms with Crippen LogP contribution in [0.1, 0.15) is 5.56 Å². The van der Waals surface area contributed by atoms with Crippen molar-refractivity contribution >= 4 is 5.91 Å². The minimum absolute atomic E-state index is 0.155. The van der Waals surface area contributed by atoms with E-state index in [1.54, 1.807) is 19.2 Å². The molecule has 0 aliphatic carbocycles. The summed E-state index contributed by atoms with van der Waals surface area (Å²) in [5.74, 6) is 1.35. The molecule has 1 fully saturated rings. The quantitative estimate of drug-likeness (QED) is 0.749. The summed E-state index contributed by atoms with van der Waals surface area (Å²) in [5, 5.41) is 0. The standard InChI is InChI=1S/C21H25FN2O3/c1-26-19-6-2-17(3-7-19)16-21(25)24-12-10-23(11-13-24)14-15-27-20-8-4-18(22)5-9-20/h2-9H,10-16H2,1H3. The molecule has 0 aromatic heterocycles. The van der Waals surface area contributed by atoms with Crippen LogP contribution in [0, 0.1) is 5.82 Å². The van der Waals surface area contributed by atoms with Crippen LogP contribution < -0.4 is 9.47 Å². The zero-order valence-corrected chi connectivity index (χ0v) is 15.6. The number of carbonyl (C=O) groups is 1. The van der Waals surface area contributed by atoms with Crippen molar-refractivity contribution in [2.24, 2.45) is 0 Å². The fourth-order valence-corrected chi connectivity index (χ4v) is 3.07. The lowest BCUT2D eigenvalue weighted by molar-refractivity contribution is -0.132. The number of ether oxygens (including phenoxy) is 2. The van der Waals surface area contributed by atoms with Gasteiger partial charge in [-0.15, -0.1) is 0 Å². The third kappa shape index (κ3) is 5.69. The Kier molecular flexibility index (Phi) is 6.65. The third-order valence-electron chi connectivity index (χ3n) is 4.73. The van der Waals surface area contributed by atoms with E-state index >= 15 is 0 Å². The molecule has 27 heavy (non-hydrogen) atoms. The summed E-state index contributed by atoms with van der Waals surface area (Å²) in [5.41, 5.74) is 0.996. The van der Waals surface area contributed by atoms with E-state index in [1.807, 2.05) is 29.2 Å².